The SMILES string of the molecule is C=C(Nc1cccc2c(=O)cc(-c3nn[nH]n3)oc12)c1ccc(OCCCCc2ccccc2)cc1. The molecule has 0 amide bonds. The molecule has 0 aliphatic carbocycles. The van der Waals surface area contributed by atoms with Gasteiger partial charge in [0.15, 0.2) is 16.8 Å². The van der Waals surface area contributed by atoms with Gasteiger partial charge in [-0.25, -0.2) is 0 Å². The number of anilines is 1. The Bertz CT molecular complexity index is 1510. The van der Waals surface area contributed by atoms with Gasteiger partial charge in [0.1, 0.15) is 5.75 Å². The van der Waals surface area contributed by atoms with E-state index < -0.39 is 0 Å². The highest BCUT2D eigenvalue weighted by Crippen LogP contribution is 2.28. The number of aryl methyl sites for hydroxylation is 1. The molecule has 0 aliphatic rings. The summed E-state index contributed by atoms with van der Waals surface area (Å²) in [4.78, 5) is 12.6. The van der Waals surface area contributed by atoms with Crippen molar-refractivity contribution in [2.24, 2.45) is 0 Å². The van der Waals surface area contributed by atoms with E-state index in [1.54, 1.807) is 12.1 Å². The number of fused-ring (bicyclic) bond motifs is 1. The van der Waals surface area contributed by atoms with Crippen molar-refractivity contribution in [3.05, 3.63) is 107 Å². The Labute approximate surface area is 207 Å². The molecule has 0 atom stereocenters. The quantitative estimate of drug-likeness (QED) is 0.256. The molecule has 0 saturated heterocycles. The number of para-hydroxylation sites is 1. The molecule has 8 heteroatoms. The van der Waals surface area contributed by atoms with Crippen molar-refractivity contribution in [2.75, 3.05) is 11.9 Å². The monoisotopic (exact) mass is 479 g/mol. The van der Waals surface area contributed by atoms with Crippen LogP contribution in [-0.4, -0.2) is 27.2 Å². The summed E-state index contributed by atoms with van der Waals surface area (Å²) in [5, 5.41) is 17.4. The molecule has 0 unspecified atom stereocenters. The molecule has 3 aromatic carbocycles. The zero-order chi connectivity index (χ0) is 24.7. The first-order valence-electron chi connectivity index (χ1n) is 11.7. The Kier molecular flexibility index (Phi) is 6.84. The third-order valence-corrected chi connectivity index (χ3v) is 5.78. The highest BCUT2D eigenvalue weighted by Gasteiger charge is 2.14. The standard InChI is InChI=1S/C28H25N5O3/c1-19(21-13-15-22(16-14-21)35-17-6-5-10-20-8-3-2-4-9-20)29-24-12-7-11-23-25(34)18-26(36-27(23)24)28-30-32-33-31-28/h2-4,7-9,11-16,18,29H,1,5-6,10,17H2,(H,30,31,32,33). The van der Waals surface area contributed by atoms with Crippen LogP contribution in [0.4, 0.5) is 5.69 Å². The molecule has 36 heavy (non-hydrogen) atoms. The lowest BCUT2D eigenvalue weighted by molar-refractivity contribution is 0.307. The minimum absolute atomic E-state index is 0.199. The molecule has 0 radical (unpaired) electrons. The molecule has 2 aromatic heterocycles. The smallest absolute Gasteiger partial charge is 0.239 e. The Morgan fingerprint density at radius 1 is 1.00 bits per heavy atom. The highest BCUT2D eigenvalue weighted by molar-refractivity contribution is 5.93. The largest absolute Gasteiger partial charge is 0.494 e. The average Bonchev–Trinajstić information content (AvgIpc) is 3.45. The number of aromatic amines is 1. The molecule has 8 nitrogen and oxygen atoms in total. The molecule has 2 N–H and O–H groups in total. The first kappa shape index (κ1) is 23.0. The predicted molar refractivity (Wildman–Crippen MR) is 140 cm³/mol. The van der Waals surface area contributed by atoms with Gasteiger partial charge in [-0.15, -0.1) is 10.2 Å². The van der Waals surface area contributed by atoms with Gasteiger partial charge in [0.25, 0.3) is 0 Å². The Morgan fingerprint density at radius 2 is 1.83 bits per heavy atom. The van der Waals surface area contributed by atoms with E-state index in [0.717, 1.165) is 30.6 Å². The number of hydrogen-bond acceptors (Lipinski definition) is 7. The van der Waals surface area contributed by atoms with Crippen molar-refractivity contribution >= 4 is 22.4 Å². The molecule has 0 fully saturated rings. The number of rotatable bonds is 10. The highest BCUT2D eigenvalue weighted by atomic mass is 16.5. The maximum Gasteiger partial charge on any atom is 0.239 e. The predicted octanol–water partition coefficient (Wildman–Crippen LogP) is 5.46. The molecule has 0 bridgehead atoms. The maximum absolute atomic E-state index is 12.6. The van der Waals surface area contributed by atoms with Crippen LogP contribution in [0, 0.1) is 0 Å². The van der Waals surface area contributed by atoms with Crippen LogP contribution in [0.5, 0.6) is 5.75 Å². The lowest BCUT2D eigenvalue weighted by Crippen LogP contribution is -2.04. The van der Waals surface area contributed by atoms with Gasteiger partial charge in [0.05, 0.1) is 17.7 Å². The van der Waals surface area contributed by atoms with Crippen molar-refractivity contribution in [3.63, 3.8) is 0 Å². The molecule has 5 rings (SSSR count). The molecular formula is C28H25N5O3. The Balaban J connectivity index is 1.22. The molecule has 0 spiro atoms. The van der Waals surface area contributed by atoms with Crippen molar-refractivity contribution in [1.29, 1.82) is 0 Å². The number of H-pyrrole nitrogens is 1. The first-order valence-corrected chi connectivity index (χ1v) is 11.7. The van der Waals surface area contributed by atoms with Crippen molar-refractivity contribution < 1.29 is 9.15 Å². The van der Waals surface area contributed by atoms with Crippen LogP contribution in [-0.2, 0) is 6.42 Å². The van der Waals surface area contributed by atoms with E-state index in [1.807, 2.05) is 36.4 Å². The van der Waals surface area contributed by atoms with Gasteiger partial charge in [-0.3, -0.25) is 4.79 Å². The topological polar surface area (TPSA) is 106 Å². The average molecular weight is 480 g/mol. The summed E-state index contributed by atoms with van der Waals surface area (Å²) in [6.45, 7) is 4.83. The van der Waals surface area contributed by atoms with Gasteiger partial charge in [-0.1, -0.05) is 43.0 Å². The second-order valence-corrected chi connectivity index (χ2v) is 8.31. The number of tetrazole rings is 1. The van der Waals surface area contributed by atoms with Gasteiger partial charge >= 0.3 is 0 Å². The maximum atomic E-state index is 12.6. The molecule has 0 saturated carbocycles. The van der Waals surface area contributed by atoms with E-state index in [2.05, 4.69) is 56.8 Å². The molecule has 0 aliphatic heterocycles. The van der Waals surface area contributed by atoms with Gasteiger partial charge in [0.2, 0.25) is 5.82 Å². The Morgan fingerprint density at radius 3 is 2.61 bits per heavy atom. The van der Waals surface area contributed by atoms with E-state index in [0.29, 0.717) is 29.0 Å². The number of hydrogen-bond donors (Lipinski definition) is 2. The molecule has 180 valence electrons. The summed E-state index contributed by atoms with van der Waals surface area (Å²) in [5.41, 5.74) is 3.70. The van der Waals surface area contributed by atoms with Crippen LogP contribution < -0.4 is 15.5 Å². The lowest BCUT2D eigenvalue weighted by Gasteiger charge is -2.13. The zero-order valence-corrected chi connectivity index (χ0v) is 19.6. The summed E-state index contributed by atoms with van der Waals surface area (Å²) in [5.74, 6) is 1.25. The van der Waals surface area contributed by atoms with Gasteiger partial charge in [0, 0.05) is 11.8 Å². The van der Waals surface area contributed by atoms with Crippen molar-refractivity contribution in [3.8, 4) is 17.3 Å². The number of nitrogens with one attached hydrogen (secondary N) is 2. The fourth-order valence-corrected chi connectivity index (χ4v) is 3.91. The number of benzene rings is 3. The van der Waals surface area contributed by atoms with E-state index in [1.165, 1.54) is 11.6 Å². The van der Waals surface area contributed by atoms with Crippen LogP contribution in [0.1, 0.15) is 24.0 Å². The van der Waals surface area contributed by atoms with E-state index in [4.69, 9.17) is 9.15 Å². The summed E-state index contributed by atoms with van der Waals surface area (Å²) < 4.78 is 11.9. The molecule has 5 aromatic rings. The number of ether oxygens (including phenoxy) is 1. The third kappa shape index (κ3) is 5.33. The second-order valence-electron chi connectivity index (χ2n) is 8.31. The van der Waals surface area contributed by atoms with Crippen LogP contribution in [0.25, 0.3) is 28.3 Å². The van der Waals surface area contributed by atoms with Crippen LogP contribution in [0.15, 0.2) is 94.7 Å². The minimum atomic E-state index is -0.199. The Hall–Kier alpha value is -4.72. The lowest BCUT2D eigenvalue weighted by atomic mass is 10.1. The summed E-state index contributed by atoms with van der Waals surface area (Å²) >= 11 is 0. The van der Waals surface area contributed by atoms with Crippen molar-refractivity contribution in [1.82, 2.24) is 20.6 Å². The van der Waals surface area contributed by atoms with Gasteiger partial charge < -0.3 is 14.5 Å². The third-order valence-electron chi connectivity index (χ3n) is 5.78. The second kappa shape index (κ2) is 10.7. The van der Waals surface area contributed by atoms with Crippen molar-refractivity contribution in [2.45, 2.75) is 19.3 Å². The van der Waals surface area contributed by atoms with Crippen LogP contribution in [0.3, 0.4) is 0 Å². The summed E-state index contributed by atoms with van der Waals surface area (Å²) in [7, 11) is 0. The van der Waals surface area contributed by atoms with Crippen LogP contribution >= 0.6 is 0 Å². The fourth-order valence-electron chi connectivity index (χ4n) is 3.91. The summed E-state index contributed by atoms with van der Waals surface area (Å²) in [6, 6.07) is 24.9. The van der Waals surface area contributed by atoms with E-state index in [-0.39, 0.29) is 17.0 Å². The number of unbranched alkanes of at least 4 members (excludes halogenated alkanes) is 1. The fraction of sp³-hybridized carbons (Fsp3) is 0.143. The van der Waals surface area contributed by atoms with Gasteiger partial charge in [-0.05, 0) is 72.0 Å². The number of nitrogens with zero attached hydrogens (tertiary/aromatic N) is 3. The normalized spacial score (nSPS) is 10.9. The zero-order valence-electron chi connectivity index (χ0n) is 19.6. The first-order chi connectivity index (χ1) is 17.7. The van der Waals surface area contributed by atoms with Gasteiger partial charge in [-0.2, -0.15) is 5.21 Å². The number of aromatic nitrogens is 4. The minimum Gasteiger partial charge on any atom is -0.494 e. The molecule has 2 heterocycles. The van der Waals surface area contributed by atoms with E-state index >= 15 is 0 Å². The summed E-state index contributed by atoms with van der Waals surface area (Å²) in [6.07, 6.45) is 3.13. The van der Waals surface area contributed by atoms with E-state index in [9.17, 15) is 4.79 Å². The van der Waals surface area contributed by atoms with Crippen LogP contribution in [0.2, 0.25) is 0 Å². The molecular weight excluding hydrogens is 454 g/mol.